The van der Waals surface area contributed by atoms with E-state index in [2.05, 4.69) is 11.0 Å². The van der Waals surface area contributed by atoms with Crippen LogP contribution in [0.25, 0.3) is 0 Å². The van der Waals surface area contributed by atoms with Crippen LogP contribution in [-0.2, 0) is 4.79 Å². The first kappa shape index (κ1) is 9.67. The summed E-state index contributed by atoms with van der Waals surface area (Å²) in [6.45, 7) is 1.75. The average molecular weight is 192 g/mol. The van der Waals surface area contributed by atoms with Crippen molar-refractivity contribution in [2.75, 3.05) is 13.1 Å². The van der Waals surface area contributed by atoms with Crippen LogP contribution in [0.15, 0.2) is 0 Å². The summed E-state index contributed by atoms with van der Waals surface area (Å²) in [5.41, 5.74) is 0. The summed E-state index contributed by atoms with van der Waals surface area (Å²) >= 11 is 0. The lowest BCUT2D eigenvalue weighted by Crippen LogP contribution is -2.41. The predicted molar refractivity (Wildman–Crippen MR) is 52.6 cm³/mol. The molecule has 1 saturated heterocycles. The van der Waals surface area contributed by atoms with Crippen molar-refractivity contribution in [3.8, 4) is 6.07 Å². The van der Waals surface area contributed by atoms with E-state index in [-0.39, 0.29) is 12.0 Å². The molecule has 0 aromatic rings. The highest BCUT2D eigenvalue weighted by molar-refractivity contribution is 5.84. The number of nitrogens with zero attached hydrogens (tertiary/aromatic N) is 2. The molecule has 0 aromatic carbocycles. The van der Waals surface area contributed by atoms with Crippen LogP contribution in [0.5, 0.6) is 0 Å². The molecule has 1 aliphatic carbocycles. The fourth-order valence-corrected chi connectivity index (χ4v) is 2.53. The molecule has 76 valence electrons. The second-order valence-electron chi connectivity index (χ2n) is 4.34. The highest BCUT2D eigenvalue weighted by Gasteiger charge is 2.33. The van der Waals surface area contributed by atoms with Crippen LogP contribution < -0.4 is 0 Å². The van der Waals surface area contributed by atoms with E-state index < -0.39 is 0 Å². The molecule has 1 aliphatic heterocycles. The lowest BCUT2D eigenvalue weighted by molar-refractivity contribution is -0.125. The molecular weight excluding hydrogens is 176 g/mol. The van der Waals surface area contributed by atoms with Crippen LogP contribution in [0, 0.1) is 17.2 Å². The molecule has 2 unspecified atom stereocenters. The summed E-state index contributed by atoms with van der Waals surface area (Å²) in [7, 11) is 0. The van der Waals surface area contributed by atoms with Crippen molar-refractivity contribution in [1.82, 2.24) is 4.90 Å². The monoisotopic (exact) mass is 192 g/mol. The van der Waals surface area contributed by atoms with Gasteiger partial charge in [0, 0.05) is 19.5 Å². The summed E-state index contributed by atoms with van der Waals surface area (Å²) in [6.07, 6.45) is 4.94. The molecule has 2 atom stereocenters. The second kappa shape index (κ2) is 4.10. The molecule has 1 heterocycles. The molecule has 0 amide bonds. The topological polar surface area (TPSA) is 44.1 Å². The molecule has 0 bridgehead atoms. The van der Waals surface area contributed by atoms with Crippen LogP contribution in [0.2, 0.25) is 0 Å². The predicted octanol–water partition coefficient (Wildman–Crippen LogP) is 1.34. The summed E-state index contributed by atoms with van der Waals surface area (Å²) in [4.78, 5) is 13.9. The van der Waals surface area contributed by atoms with Crippen molar-refractivity contribution < 1.29 is 4.79 Å². The van der Waals surface area contributed by atoms with Crippen molar-refractivity contribution in [2.24, 2.45) is 5.92 Å². The molecular formula is C11H16N2O. The minimum absolute atomic E-state index is 0.141. The van der Waals surface area contributed by atoms with Gasteiger partial charge < -0.3 is 0 Å². The molecule has 2 rings (SSSR count). The van der Waals surface area contributed by atoms with E-state index >= 15 is 0 Å². The van der Waals surface area contributed by atoms with Crippen LogP contribution >= 0.6 is 0 Å². The van der Waals surface area contributed by atoms with E-state index in [1.165, 1.54) is 6.42 Å². The first-order valence-corrected chi connectivity index (χ1v) is 5.47. The lowest BCUT2D eigenvalue weighted by Gasteiger charge is -2.29. The Morgan fingerprint density at radius 2 is 2.21 bits per heavy atom. The van der Waals surface area contributed by atoms with Crippen molar-refractivity contribution in [1.29, 1.82) is 5.26 Å². The third-order valence-electron chi connectivity index (χ3n) is 3.37. The number of hydrogen-bond donors (Lipinski definition) is 0. The zero-order chi connectivity index (χ0) is 9.97. The highest BCUT2D eigenvalue weighted by Crippen LogP contribution is 2.25. The SMILES string of the molecule is N#CC1CCN(C2CCCCC2=O)C1. The van der Waals surface area contributed by atoms with Gasteiger partial charge in [-0.05, 0) is 19.3 Å². The smallest absolute Gasteiger partial charge is 0.149 e. The Hall–Kier alpha value is -0.880. The van der Waals surface area contributed by atoms with Crippen LogP contribution in [0.1, 0.15) is 32.1 Å². The Bertz CT molecular complexity index is 269. The van der Waals surface area contributed by atoms with Gasteiger partial charge in [-0.1, -0.05) is 6.42 Å². The Morgan fingerprint density at radius 1 is 1.36 bits per heavy atom. The molecule has 14 heavy (non-hydrogen) atoms. The van der Waals surface area contributed by atoms with Gasteiger partial charge in [0.25, 0.3) is 0 Å². The fourth-order valence-electron chi connectivity index (χ4n) is 2.53. The summed E-state index contributed by atoms with van der Waals surface area (Å²) in [5, 5.41) is 8.79. The van der Waals surface area contributed by atoms with Crippen LogP contribution in [0.4, 0.5) is 0 Å². The van der Waals surface area contributed by atoms with E-state index in [0.29, 0.717) is 5.78 Å². The molecule has 3 nitrogen and oxygen atoms in total. The number of rotatable bonds is 1. The summed E-state index contributed by atoms with van der Waals surface area (Å²) in [6, 6.07) is 2.44. The molecule has 0 spiro atoms. The highest BCUT2D eigenvalue weighted by atomic mass is 16.1. The van der Waals surface area contributed by atoms with Gasteiger partial charge in [0.15, 0.2) is 0 Å². The van der Waals surface area contributed by atoms with Crippen molar-refractivity contribution in [3.63, 3.8) is 0 Å². The number of nitriles is 1. The maximum atomic E-state index is 11.7. The first-order valence-electron chi connectivity index (χ1n) is 5.47. The molecule has 3 heteroatoms. The standard InChI is InChI=1S/C11H16N2O/c12-7-9-5-6-13(8-9)10-3-1-2-4-11(10)14/h9-10H,1-6,8H2. The first-order chi connectivity index (χ1) is 6.81. The van der Waals surface area contributed by atoms with Crippen LogP contribution in [-0.4, -0.2) is 29.8 Å². The minimum atomic E-state index is 0.141. The van der Waals surface area contributed by atoms with Crippen molar-refractivity contribution in [3.05, 3.63) is 0 Å². The van der Waals surface area contributed by atoms with E-state index in [1.807, 2.05) is 0 Å². The lowest BCUT2D eigenvalue weighted by atomic mass is 9.93. The van der Waals surface area contributed by atoms with Gasteiger partial charge in [0.2, 0.25) is 0 Å². The van der Waals surface area contributed by atoms with Gasteiger partial charge in [-0.3, -0.25) is 9.69 Å². The molecule has 0 N–H and O–H groups in total. The molecule has 0 radical (unpaired) electrons. The Kier molecular flexibility index (Phi) is 2.83. The Labute approximate surface area is 84.7 Å². The van der Waals surface area contributed by atoms with E-state index in [0.717, 1.165) is 38.8 Å². The van der Waals surface area contributed by atoms with Gasteiger partial charge in [0.1, 0.15) is 5.78 Å². The number of carbonyl (C=O) groups is 1. The Morgan fingerprint density at radius 3 is 2.86 bits per heavy atom. The fraction of sp³-hybridized carbons (Fsp3) is 0.818. The zero-order valence-electron chi connectivity index (χ0n) is 8.41. The zero-order valence-corrected chi connectivity index (χ0v) is 8.41. The Balaban J connectivity index is 1.95. The summed E-state index contributed by atoms with van der Waals surface area (Å²) < 4.78 is 0. The largest absolute Gasteiger partial charge is 0.298 e. The maximum Gasteiger partial charge on any atom is 0.149 e. The van der Waals surface area contributed by atoms with Gasteiger partial charge in [0.05, 0.1) is 18.0 Å². The third kappa shape index (κ3) is 1.80. The number of hydrogen-bond acceptors (Lipinski definition) is 3. The molecule has 2 aliphatic rings. The number of likely N-dealkylation sites (tertiary alicyclic amines) is 1. The van der Waals surface area contributed by atoms with Gasteiger partial charge in [-0.2, -0.15) is 5.26 Å². The quantitative estimate of drug-likeness (QED) is 0.629. The normalized spacial score (nSPS) is 34.4. The van der Waals surface area contributed by atoms with E-state index in [4.69, 9.17) is 5.26 Å². The van der Waals surface area contributed by atoms with Crippen LogP contribution in [0.3, 0.4) is 0 Å². The van der Waals surface area contributed by atoms with E-state index in [1.54, 1.807) is 0 Å². The average Bonchev–Trinajstić information content (AvgIpc) is 2.67. The molecule has 2 fully saturated rings. The van der Waals surface area contributed by atoms with Gasteiger partial charge in [-0.15, -0.1) is 0 Å². The van der Waals surface area contributed by atoms with Gasteiger partial charge in [-0.25, -0.2) is 0 Å². The molecule has 1 saturated carbocycles. The van der Waals surface area contributed by atoms with Crippen molar-refractivity contribution >= 4 is 5.78 Å². The number of Topliss-reactive ketones (excluding diaryl/α,β-unsaturated/α-hetero) is 1. The summed E-state index contributed by atoms with van der Waals surface area (Å²) in [5.74, 6) is 0.555. The third-order valence-corrected chi connectivity index (χ3v) is 3.37. The number of ketones is 1. The number of carbonyl (C=O) groups excluding carboxylic acids is 1. The van der Waals surface area contributed by atoms with Crippen molar-refractivity contribution in [2.45, 2.75) is 38.1 Å². The van der Waals surface area contributed by atoms with E-state index in [9.17, 15) is 4.79 Å². The second-order valence-corrected chi connectivity index (χ2v) is 4.34. The molecule has 0 aromatic heterocycles. The maximum absolute atomic E-state index is 11.7. The van der Waals surface area contributed by atoms with Gasteiger partial charge >= 0.3 is 0 Å². The minimum Gasteiger partial charge on any atom is -0.298 e.